The van der Waals surface area contributed by atoms with Gasteiger partial charge in [-0.3, -0.25) is 9.78 Å². The van der Waals surface area contributed by atoms with Crippen molar-refractivity contribution in [3.8, 4) is 16.9 Å². The second-order valence-corrected chi connectivity index (χ2v) is 8.16. The third-order valence-electron chi connectivity index (χ3n) is 5.78. The minimum Gasteiger partial charge on any atom is -0.479 e. The number of rotatable bonds is 3. The molecular formula is C23H20ClN3O4. The Morgan fingerprint density at radius 2 is 1.94 bits per heavy atom. The van der Waals surface area contributed by atoms with Gasteiger partial charge in [0.05, 0.1) is 11.1 Å². The van der Waals surface area contributed by atoms with E-state index in [1.165, 1.54) is 0 Å². The molecule has 7 nitrogen and oxygen atoms in total. The number of amides is 1. The lowest BCUT2D eigenvalue weighted by Crippen LogP contribution is -2.50. The van der Waals surface area contributed by atoms with Crippen molar-refractivity contribution in [1.82, 2.24) is 15.2 Å². The highest BCUT2D eigenvalue weighted by Crippen LogP contribution is 2.43. The Labute approximate surface area is 183 Å². The summed E-state index contributed by atoms with van der Waals surface area (Å²) in [7, 11) is 0. The van der Waals surface area contributed by atoms with E-state index in [-0.39, 0.29) is 11.5 Å². The van der Waals surface area contributed by atoms with Crippen LogP contribution in [0.25, 0.3) is 22.0 Å². The molecule has 2 aliphatic heterocycles. The van der Waals surface area contributed by atoms with Gasteiger partial charge in [0.2, 0.25) is 0 Å². The van der Waals surface area contributed by atoms with Crippen molar-refractivity contribution in [3.05, 3.63) is 58.7 Å². The number of aromatic carboxylic acids is 1. The molecular weight excluding hydrogens is 418 g/mol. The predicted octanol–water partition coefficient (Wildman–Crippen LogP) is 2.99. The highest BCUT2D eigenvalue weighted by molar-refractivity contribution is 6.31. The maximum Gasteiger partial charge on any atom is 0.335 e. The number of ether oxygens (including phenoxy) is 1. The van der Waals surface area contributed by atoms with Crippen molar-refractivity contribution in [2.75, 3.05) is 26.2 Å². The molecule has 0 aliphatic carbocycles. The average molecular weight is 438 g/mol. The predicted molar refractivity (Wildman–Crippen MR) is 117 cm³/mol. The number of carboxylic acid groups (broad SMARTS) is 1. The fourth-order valence-corrected chi connectivity index (χ4v) is 4.51. The van der Waals surface area contributed by atoms with Crippen molar-refractivity contribution >= 4 is 34.4 Å². The van der Waals surface area contributed by atoms with Gasteiger partial charge in [0.15, 0.2) is 6.10 Å². The van der Waals surface area contributed by atoms with Crippen LogP contribution in [0.4, 0.5) is 0 Å². The minimum atomic E-state index is -1.00. The molecule has 1 amide bonds. The molecule has 8 heteroatoms. The Hall–Kier alpha value is -3.16. The maximum absolute atomic E-state index is 13.0. The van der Waals surface area contributed by atoms with Crippen LogP contribution in [0.2, 0.25) is 5.02 Å². The summed E-state index contributed by atoms with van der Waals surface area (Å²) < 4.78 is 6.19. The highest BCUT2D eigenvalue weighted by Gasteiger charge is 2.35. The summed E-state index contributed by atoms with van der Waals surface area (Å²) in [6.45, 7) is 2.90. The van der Waals surface area contributed by atoms with Gasteiger partial charge in [0.1, 0.15) is 5.75 Å². The van der Waals surface area contributed by atoms with Crippen molar-refractivity contribution < 1.29 is 19.4 Å². The molecule has 1 atom stereocenters. The summed E-state index contributed by atoms with van der Waals surface area (Å²) in [5, 5.41) is 13.9. The monoisotopic (exact) mass is 437 g/mol. The Morgan fingerprint density at radius 3 is 2.71 bits per heavy atom. The van der Waals surface area contributed by atoms with Gasteiger partial charge in [-0.25, -0.2) is 4.79 Å². The van der Waals surface area contributed by atoms with Gasteiger partial charge in [-0.2, -0.15) is 0 Å². The first-order chi connectivity index (χ1) is 15.0. The number of pyridine rings is 1. The van der Waals surface area contributed by atoms with E-state index >= 15 is 0 Å². The molecule has 2 aliphatic rings. The van der Waals surface area contributed by atoms with E-state index in [1.54, 1.807) is 24.4 Å². The third-order valence-corrected chi connectivity index (χ3v) is 6.00. The van der Waals surface area contributed by atoms with Crippen LogP contribution in [-0.2, 0) is 11.2 Å². The number of carbonyl (C=O) groups is 2. The topological polar surface area (TPSA) is 91.8 Å². The Kier molecular flexibility index (Phi) is 5.00. The molecule has 1 fully saturated rings. The molecule has 0 radical (unpaired) electrons. The van der Waals surface area contributed by atoms with Crippen molar-refractivity contribution in [2.45, 2.75) is 12.5 Å². The number of hydrogen-bond donors (Lipinski definition) is 2. The van der Waals surface area contributed by atoms with E-state index in [2.05, 4.69) is 10.3 Å². The maximum atomic E-state index is 13.0. The van der Waals surface area contributed by atoms with Gasteiger partial charge >= 0.3 is 5.97 Å². The zero-order chi connectivity index (χ0) is 21.5. The first kappa shape index (κ1) is 19.8. The number of nitrogens with one attached hydrogen (secondary N) is 1. The summed E-state index contributed by atoms with van der Waals surface area (Å²) in [6, 6.07) is 10.4. The summed E-state index contributed by atoms with van der Waals surface area (Å²) in [6.07, 6.45) is 1.53. The smallest absolute Gasteiger partial charge is 0.335 e. The van der Waals surface area contributed by atoms with E-state index in [1.807, 2.05) is 23.1 Å². The fraction of sp³-hybridized carbons (Fsp3) is 0.261. The van der Waals surface area contributed by atoms with Crippen LogP contribution in [0.15, 0.2) is 42.6 Å². The molecule has 31 heavy (non-hydrogen) atoms. The van der Waals surface area contributed by atoms with Crippen LogP contribution in [0.3, 0.4) is 0 Å². The number of nitrogens with zero attached hydrogens (tertiary/aromatic N) is 2. The number of hydrogen-bond acceptors (Lipinski definition) is 5. The van der Waals surface area contributed by atoms with Crippen molar-refractivity contribution in [3.63, 3.8) is 0 Å². The molecule has 5 rings (SSSR count). The SMILES string of the molecule is O=C(O)c1ccc2c(-c3cc(Cl)cc4c3OC(C(=O)N3CCNCC3)C4)ccnc2c1. The van der Waals surface area contributed by atoms with Crippen LogP contribution in [0.5, 0.6) is 5.75 Å². The summed E-state index contributed by atoms with van der Waals surface area (Å²) in [4.78, 5) is 30.5. The van der Waals surface area contributed by atoms with E-state index in [0.29, 0.717) is 35.8 Å². The molecule has 0 saturated carbocycles. The molecule has 1 saturated heterocycles. The number of halogens is 1. The largest absolute Gasteiger partial charge is 0.479 e. The zero-order valence-corrected chi connectivity index (χ0v) is 17.4. The van der Waals surface area contributed by atoms with Gasteiger partial charge in [0.25, 0.3) is 5.91 Å². The van der Waals surface area contributed by atoms with Gasteiger partial charge in [-0.1, -0.05) is 17.7 Å². The highest BCUT2D eigenvalue weighted by atomic mass is 35.5. The molecule has 1 unspecified atom stereocenters. The zero-order valence-electron chi connectivity index (χ0n) is 16.6. The number of fused-ring (bicyclic) bond motifs is 2. The first-order valence-electron chi connectivity index (χ1n) is 10.1. The minimum absolute atomic E-state index is 0.00883. The fourth-order valence-electron chi connectivity index (χ4n) is 4.27. The average Bonchev–Trinajstić information content (AvgIpc) is 3.21. The van der Waals surface area contributed by atoms with Gasteiger partial charge in [0, 0.05) is 60.3 Å². The van der Waals surface area contributed by atoms with Crippen molar-refractivity contribution in [1.29, 1.82) is 0 Å². The molecule has 1 aromatic heterocycles. The van der Waals surface area contributed by atoms with Crippen molar-refractivity contribution in [2.24, 2.45) is 0 Å². The Bertz CT molecular complexity index is 1210. The number of carboxylic acids is 1. The number of carbonyl (C=O) groups excluding carboxylic acids is 1. The van der Waals surface area contributed by atoms with Crippen LogP contribution in [-0.4, -0.2) is 59.1 Å². The molecule has 3 heterocycles. The van der Waals surface area contributed by atoms with Crippen LogP contribution in [0, 0.1) is 0 Å². The summed E-state index contributed by atoms with van der Waals surface area (Å²) >= 11 is 6.42. The van der Waals surface area contributed by atoms with E-state index in [9.17, 15) is 14.7 Å². The van der Waals surface area contributed by atoms with E-state index in [4.69, 9.17) is 16.3 Å². The van der Waals surface area contributed by atoms with Crippen LogP contribution >= 0.6 is 11.6 Å². The van der Waals surface area contributed by atoms with Gasteiger partial charge < -0.3 is 20.1 Å². The van der Waals surface area contributed by atoms with Crippen LogP contribution < -0.4 is 10.1 Å². The number of aromatic nitrogens is 1. The second kappa shape index (κ2) is 7.83. The van der Waals surface area contributed by atoms with Crippen LogP contribution in [0.1, 0.15) is 15.9 Å². The van der Waals surface area contributed by atoms with E-state index in [0.717, 1.165) is 35.2 Å². The quantitative estimate of drug-likeness (QED) is 0.654. The molecule has 2 aromatic carbocycles. The molecule has 0 bridgehead atoms. The lowest BCUT2D eigenvalue weighted by atomic mass is 9.97. The summed E-state index contributed by atoms with van der Waals surface area (Å²) in [5.41, 5.74) is 3.23. The number of benzene rings is 2. The summed E-state index contributed by atoms with van der Waals surface area (Å²) in [5.74, 6) is -0.367. The van der Waals surface area contributed by atoms with Gasteiger partial charge in [-0.05, 0) is 35.9 Å². The Balaban J connectivity index is 1.55. The lowest BCUT2D eigenvalue weighted by Gasteiger charge is -2.29. The van der Waals surface area contributed by atoms with E-state index < -0.39 is 12.1 Å². The molecule has 158 valence electrons. The first-order valence-corrected chi connectivity index (χ1v) is 10.5. The molecule has 2 N–H and O–H groups in total. The normalized spacial score (nSPS) is 18.0. The third kappa shape index (κ3) is 3.60. The molecule has 3 aromatic rings. The number of piperazine rings is 1. The van der Waals surface area contributed by atoms with Gasteiger partial charge in [-0.15, -0.1) is 0 Å². The second-order valence-electron chi connectivity index (χ2n) is 7.72. The standard InChI is InChI=1S/C23H20ClN3O4/c24-15-9-14-11-20(22(28)27-7-5-25-6-8-27)31-21(14)18(12-15)16-3-4-26-19-10-13(23(29)30)1-2-17(16)19/h1-4,9-10,12,20,25H,5-8,11H2,(H,29,30). The Morgan fingerprint density at radius 1 is 1.13 bits per heavy atom. The molecule has 0 spiro atoms. The lowest BCUT2D eigenvalue weighted by molar-refractivity contribution is -0.138.